The van der Waals surface area contributed by atoms with Crippen LogP contribution in [0.15, 0.2) is 18.2 Å². The molecule has 1 aromatic carbocycles. The molecule has 0 aliphatic carbocycles. The zero-order valence-electron chi connectivity index (χ0n) is 35.8. The number of esters is 1. The molecule has 1 rings (SSSR count). The van der Waals surface area contributed by atoms with Gasteiger partial charge in [0.25, 0.3) is 10.2 Å². The molecule has 0 aromatic heterocycles. The van der Waals surface area contributed by atoms with Gasteiger partial charge < -0.3 is 45.4 Å². The van der Waals surface area contributed by atoms with Gasteiger partial charge in [0.05, 0.1) is 32.3 Å². The monoisotopic (exact) mass is 841 g/mol. The number of hydrogen-bond donors (Lipinski definition) is 3. The Labute approximate surface area is 347 Å². The van der Waals surface area contributed by atoms with Gasteiger partial charge in [0.1, 0.15) is 11.9 Å². The van der Waals surface area contributed by atoms with Crippen LogP contribution in [0.4, 0.5) is 0 Å². The number of carbonyl (C=O) groups is 4. The summed E-state index contributed by atoms with van der Waals surface area (Å²) in [6.07, 6.45) is 2.03. The van der Waals surface area contributed by atoms with E-state index in [9.17, 15) is 39.4 Å². The van der Waals surface area contributed by atoms with Crippen molar-refractivity contribution < 1.29 is 58.0 Å². The summed E-state index contributed by atoms with van der Waals surface area (Å²) < 4.78 is 22.7. The van der Waals surface area contributed by atoms with Gasteiger partial charge in [-0.3, -0.25) is 19.2 Å². The maximum Gasteiger partial charge on any atom is 0.306 e. The van der Waals surface area contributed by atoms with E-state index in [1.165, 1.54) is 0 Å². The number of nitrogens with zero attached hydrogens (tertiary/aromatic N) is 2. The SMILES string of the molecule is COCCCOc1cc(CC(CC(N)C(CC(C(=O)NCC(C)(C)C(N)=O)C(C)C)OC(=O)CCCCO[N+](=O)[O-])C(C)CC(=O)CCCCO[N+](=O)[O-])ccc1OC. The first kappa shape index (κ1) is 52.2. The first-order chi connectivity index (χ1) is 27.8. The molecular formula is C40H67N5O14. The van der Waals surface area contributed by atoms with Gasteiger partial charge in [-0.15, -0.1) is 20.2 Å². The fourth-order valence-electron chi connectivity index (χ4n) is 6.37. The number of nitrogens with one attached hydrogen (secondary N) is 1. The molecule has 0 saturated heterocycles. The molecule has 0 aliphatic rings. The zero-order chi connectivity index (χ0) is 44.5. The molecule has 0 bridgehead atoms. The maximum absolute atomic E-state index is 13.6. The second-order valence-corrected chi connectivity index (χ2v) is 15.9. The minimum atomic E-state index is -1.02. The summed E-state index contributed by atoms with van der Waals surface area (Å²) in [4.78, 5) is 81.8. The number of ether oxygens (including phenoxy) is 4. The number of methoxy groups -OCH3 is 2. The van der Waals surface area contributed by atoms with Gasteiger partial charge in [-0.05, 0) is 94.2 Å². The van der Waals surface area contributed by atoms with Crippen LogP contribution in [-0.2, 0) is 44.7 Å². The molecular weight excluding hydrogens is 774 g/mol. The third-order valence-corrected chi connectivity index (χ3v) is 10.2. The number of benzene rings is 1. The Morgan fingerprint density at radius 2 is 1.47 bits per heavy atom. The molecule has 0 heterocycles. The predicted molar refractivity (Wildman–Crippen MR) is 216 cm³/mol. The Balaban J connectivity index is 3.47. The molecule has 336 valence electrons. The molecule has 5 atom stereocenters. The highest BCUT2D eigenvalue weighted by molar-refractivity contribution is 5.83. The number of primary amides is 1. The minimum absolute atomic E-state index is 0.0105. The number of hydrogen-bond acceptors (Lipinski definition) is 15. The highest BCUT2D eigenvalue weighted by Gasteiger charge is 2.35. The van der Waals surface area contributed by atoms with Gasteiger partial charge in [-0.2, -0.15) is 0 Å². The largest absolute Gasteiger partial charge is 0.493 e. The lowest BCUT2D eigenvalue weighted by atomic mass is 9.78. The normalized spacial score (nSPS) is 14.0. The number of nitrogens with two attached hydrogens (primary N) is 2. The van der Waals surface area contributed by atoms with Crippen LogP contribution >= 0.6 is 0 Å². The number of rotatable bonds is 34. The molecule has 0 fully saturated rings. The number of Topliss-reactive ketones (excluding diaryl/α,β-unsaturated/α-hetero) is 1. The quantitative estimate of drug-likeness (QED) is 0.0372. The van der Waals surface area contributed by atoms with Crippen molar-refractivity contribution >= 4 is 23.6 Å². The third-order valence-electron chi connectivity index (χ3n) is 10.2. The molecule has 5 unspecified atom stereocenters. The van der Waals surface area contributed by atoms with Crippen LogP contribution in [0.2, 0.25) is 0 Å². The summed E-state index contributed by atoms with van der Waals surface area (Å²) in [5, 5.41) is 22.1. The standard InChI is InChI=1S/C40H67N5O14/c1-27(2)32(38(48)43-26-40(4,5)39(42)49)25-35(59-37(47)14-9-11-20-58-45(52)53)33(41)24-30(28(3)21-31(46)13-8-10-19-57-44(50)51)22-29-15-16-34(55-7)36(23-29)56-18-12-17-54-6/h15-16,23,27-28,30,32-33,35H,8-14,17-22,24-26,41H2,1-7H3,(H2,42,49)(H,43,48). The van der Waals surface area contributed by atoms with Crippen molar-refractivity contribution in [2.24, 2.45) is 40.6 Å². The second kappa shape index (κ2) is 27.8. The minimum Gasteiger partial charge on any atom is -0.493 e. The van der Waals surface area contributed by atoms with Gasteiger partial charge in [0, 0.05) is 57.9 Å². The fourth-order valence-corrected chi connectivity index (χ4v) is 6.37. The van der Waals surface area contributed by atoms with Gasteiger partial charge >= 0.3 is 5.97 Å². The molecule has 0 spiro atoms. The van der Waals surface area contributed by atoms with Crippen molar-refractivity contribution in [3.63, 3.8) is 0 Å². The number of amides is 2. The molecule has 2 amide bonds. The summed E-state index contributed by atoms with van der Waals surface area (Å²) >= 11 is 0. The van der Waals surface area contributed by atoms with Crippen molar-refractivity contribution in [3.8, 4) is 11.5 Å². The van der Waals surface area contributed by atoms with Crippen molar-refractivity contribution in [1.29, 1.82) is 0 Å². The second-order valence-electron chi connectivity index (χ2n) is 15.9. The first-order valence-electron chi connectivity index (χ1n) is 20.2. The summed E-state index contributed by atoms with van der Waals surface area (Å²) in [6.45, 7) is 9.48. The summed E-state index contributed by atoms with van der Waals surface area (Å²) in [5.41, 5.74) is 12.4. The van der Waals surface area contributed by atoms with E-state index in [2.05, 4.69) is 15.0 Å². The van der Waals surface area contributed by atoms with E-state index in [0.29, 0.717) is 50.4 Å². The lowest BCUT2D eigenvalue weighted by Gasteiger charge is -2.33. The summed E-state index contributed by atoms with van der Waals surface area (Å²) in [7, 11) is 3.15. The number of ketones is 1. The van der Waals surface area contributed by atoms with Crippen LogP contribution in [0.3, 0.4) is 0 Å². The van der Waals surface area contributed by atoms with Gasteiger partial charge in [-0.1, -0.05) is 26.8 Å². The van der Waals surface area contributed by atoms with Crippen molar-refractivity contribution in [1.82, 2.24) is 5.32 Å². The van der Waals surface area contributed by atoms with Gasteiger partial charge in [-0.25, -0.2) is 0 Å². The molecule has 0 radical (unpaired) electrons. The van der Waals surface area contributed by atoms with Crippen LogP contribution in [0.1, 0.15) is 104 Å². The van der Waals surface area contributed by atoms with E-state index in [0.717, 1.165) is 5.56 Å². The molecule has 1 aromatic rings. The zero-order valence-corrected chi connectivity index (χ0v) is 35.8. The summed E-state index contributed by atoms with van der Waals surface area (Å²) in [6, 6.07) is 4.77. The lowest BCUT2D eigenvalue weighted by Crippen LogP contribution is -2.47. The number of unbranched alkanes of at least 4 members (excludes halogenated alkanes) is 2. The molecule has 5 N–H and O–H groups in total. The van der Waals surface area contributed by atoms with Crippen molar-refractivity contribution in [3.05, 3.63) is 44.0 Å². The Kier molecular flexibility index (Phi) is 24.6. The van der Waals surface area contributed by atoms with Crippen LogP contribution < -0.4 is 26.3 Å². The average Bonchev–Trinajstić information content (AvgIpc) is 3.16. The Hall–Kier alpha value is -4.78. The molecule has 0 saturated carbocycles. The maximum atomic E-state index is 13.6. The molecule has 19 heteroatoms. The molecule has 19 nitrogen and oxygen atoms in total. The van der Waals surface area contributed by atoms with Crippen molar-refractivity contribution in [2.75, 3.05) is 47.2 Å². The van der Waals surface area contributed by atoms with E-state index < -0.39 is 45.5 Å². The fraction of sp³-hybridized carbons (Fsp3) is 0.750. The van der Waals surface area contributed by atoms with E-state index in [-0.39, 0.29) is 94.1 Å². The van der Waals surface area contributed by atoms with Gasteiger partial charge in [0.15, 0.2) is 11.5 Å². The van der Waals surface area contributed by atoms with E-state index >= 15 is 0 Å². The highest BCUT2D eigenvalue weighted by atomic mass is 17.0. The van der Waals surface area contributed by atoms with Crippen LogP contribution in [0.5, 0.6) is 11.5 Å². The van der Waals surface area contributed by atoms with E-state index in [4.69, 9.17) is 30.4 Å². The van der Waals surface area contributed by atoms with Gasteiger partial charge in [0.2, 0.25) is 11.8 Å². The highest BCUT2D eigenvalue weighted by Crippen LogP contribution is 2.33. The van der Waals surface area contributed by atoms with Crippen LogP contribution in [0.25, 0.3) is 0 Å². The molecule has 0 aliphatic heterocycles. The van der Waals surface area contributed by atoms with Crippen molar-refractivity contribution in [2.45, 2.75) is 117 Å². The first-order valence-corrected chi connectivity index (χ1v) is 20.2. The van der Waals surface area contributed by atoms with Crippen LogP contribution in [-0.4, -0.2) is 93.1 Å². The number of carbonyl (C=O) groups excluding carboxylic acids is 4. The Bertz CT molecular complexity index is 1480. The summed E-state index contributed by atoms with van der Waals surface area (Å²) in [5.74, 6) is -1.90. The predicted octanol–water partition coefficient (Wildman–Crippen LogP) is 4.54. The molecule has 59 heavy (non-hydrogen) atoms. The smallest absolute Gasteiger partial charge is 0.306 e. The van der Waals surface area contributed by atoms with E-state index in [1.807, 2.05) is 32.9 Å². The topological polar surface area (TPSA) is 274 Å². The average molecular weight is 842 g/mol. The Morgan fingerprint density at radius 1 is 0.847 bits per heavy atom. The third kappa shape index (κ3) is 21.7. The van der Waals surface area contributed by atoms with Crippen LogP contribution in [0, 0.1) is 49.3 Å². The Morgan fingerprint density at radius 3 is 2.03 bits per heavy atom. The lowest BCUT2D eigenvalue weighted by molar-refractivity contribution is -0.757. The van der Waals surface area contributed by atoms with E-state index in [1.54, 1.807) is 34.1 Å².